The van der Waals surface area contributed by atoms with Crippen molar-refractivity contribution in [3.8, 4) is 11.5 Å². The predicted molar refractivity (Wildman–Crippen MR) is 136 cm³/mol. The molecule has 0 spiro atoms. The Hall–Kier alpha value is -3.13. The van der Waals surface area contributed by atoms with Crippen LogP contribution in [-0.2, 0) is 6.54 Å². The van der Waals surface area contributed by atoms with Crippen molar-refractivity contribution in [2.24, 2.45) is 0 Å². The lowest BCUT2D eigenvalue weighted by molar-refractivity contribution is 0.355. The molecule has 2 aromatic carbocycles. The first-order chi connectivity index (χ1) is 16.0. The van der Waals surface area contributed by atoms with Crippen LogP contribution in [-0.4, -0.2) is 60.4 Å². The summed E-state index contributed by atoms with van der Waals surface area (Å²) in [6.07, 6.45) is 1.60. The van der Waals surface area contributed by atoms with Gasteiger partial charge >= 0.3 is 0 Å². The van der Waals surface area contributed by atoms with Gasteiger partial charge in [-0.1, -0.05) is 38.1 Å². The van der Waals surface area contributed by atoms with E-state index in [1.54, 1.807) is 20.5 Å². The van der Waals surface area contributed by atoms with Crippen LogP contribution in [0.25, 0.3) is 10.9 Å². The SMILES string of the molecule is COc1cc2ncnc(N3CCN(C(=S)NCc4ccc(C(C)C)cc4)CC3)c2cc1OC. The van der Waals surface area contributed by atoms with Crippen LogP contribution in [0.3, 0.4) is 0 Å². The van der Waals surface area contributed by atoms with E-state index < -0.39 is 0 Å². The minimum absolute atomic E-state index is 0.541. The third-order valence-corrected chi connectivity index (χ3v) is 6.48. The lowest BCUT2D eigenvalue weighted by atomic mass is 10.0. The molecular weight excluding hydrogens is 434 g/mol. The number of thiocarbonyl (C=S) groups is 1. The third kappa shape index (κ3) is 5.11. The number of aromatic nitrogens is 2. The molecule has 174 valence electrons. The van der Waals surface area contributed by atoms with Crippen molar-refractivity contribution in [1.29, 1.82) is 0 Å². The van der Waals surface area contributed by atoms with Gasteiger partial charge in [0.05, 0.1) is 19.7 Å². The second kappa shape index (κ2) is 10.2. The Morgan fingerprint density at radius 2 is 1.67 bits per heavy atom. The van der Waals surface area contributed by atoms with Gasteiger partial charge in [-0.25, -0.2) is 9.97 Å². The van der Waals surface area contributed by atoms with Crippen molar-refractivity contribution < 1.29 is 9.47 Å². The number of hydrogen-bond donors (Lipinski definition) is 1. The smallest absolute Gasteiger partial charge is 0.169 e. The predicted octanol–water partition coefficient (Wildman–Crippen LogP) is 3.97. The van der Waals surface area contributed by atoms with E-state index in [2.05, 4.69) is 63.2 Å². The molecule has 4 rings (SSSR count). The normalized spacial score (nSPS) is 14.0. The van der Waals surface area contributed by atoms with Crippen LogP contribution in [0.4, 0.5) is 5.82 Å². The Bertz CT molecular complexity index is 1110. The van der Waals surface area contributed by atoms with Crippen LogP contribution in [0, 0.1) is 0 Å². The summed E-state index contributed by atoms with van der Waals surface area (Å²) in [6.45, 7) is 8.46. The fourth-order valence-electron chi connectivity index (χ4n) is 4.05. The summed E-state index contributed by atoms with van der Waals surface area (Å²) < 4.78 is 10.9. The topological polar surface area (TPSA) is 62.8 Å². The number of nitrogens with zero attached hydrogens (tertiary/aromatic N) is 4. The second-order valence-electron chi connectivity index (χ2n) is 8.45. The highest BCUT2D eigenvalue weighted by molar-refractivity contribution is 7.80. The summed E-state index contributed by atoms with van der Waals surface area (Å²) in [5.41, 5.74) is 3.42. The first kappa shape index (κ1) is 23.0. The lowest BCUT2D eigenvalue weighted by Gasteiger charge is -2.37. The number of ether oxygens (including phenoxy) is 2. The van der Waals surface area contributed by atoms with Crippen molar-refractivity contribution in [1.82, 2.24) is 20.2 Å². The van der Waals surface area contributed by atoms with Gasteiger partial charge in [0.25, 0.3) is 0 Å². The maximum atomic E-state index is 5.67. The largest absolute Gasteiger partial charge is 0.493 e. The molecule has 3 aromatic rings. The minimum atomic E-state index is 0.541. The molecule has 0 amide bonds. The first-order valence-corrected chi connectivity index (χ1v) is 11.6. The van der Waals surface area contributed by atoms with Crippen molar-refractivity contribution in [3.05, 3.63) is 53.9 Å². The lowest BCUT2D eigenvalue weighted by Crippen LogP contribution is -2.51. The molecule has 1 saturated heterocycles. The van der Waals surface area contributed by atoms with Gasteiger partial charge in [-0.05, 0) is 35.3 Å². The summed E-state index contributed by atoms with van der Waals surface area (Å²) >= 11 is 5.67. The standard InChI is InChI=1S/C25H31N5O2S/c1-17(2)19-7-5-18(6-8-19)15-26-25(33)30-11-9-29(10-12-30)24-20-13-22(31-3)23(32-4)14-21(20)27-16-28-24/h5-8,13-14,16-17H,9-12,15H2,1-4H3,(H,26,33). The Morgan fingerprint density at radius 1 is 1.00 bits per heavy atom. The monoisotopic (exact) mass is 465 g/mol. The van der Waals surface area contributed by atoms with Crippen molar-refractivity contribution in [3.63, 3.8) is 0 Å². The summed E-state index contributed by atoms with van der Waals surface area (Å²) in [6, 6.07) is 12.6. The molecular formula is C25H31N5O2S. The van der Waals surface area contributed by atoms with Gasteiger partial charge in [-0.15, -0.1) is 0 Å². The summed E-state index contributed by atoms with van der Waals surface area (Å²) in [7, 11) is 3.27. The molecule has 1 aliphatic heterocycles. The number of benzene rings is 2. The first-order valence-electron chi connectivity index (χ1n) is 11.2. The van der Waals surface area contributed by atoms with E-state index in [1.165, 1.54) is 11.1 Å². The molecule has 7 nitrogen and oxygen atoms in total. The van der Waals surface area contributed by atoms with Crippen LogP contribution in [0.2, 0.25) is 0 Å². The van der Waals surface area contributed by atoms with Crippen molar-refractivity contribution in [2.75, 3.05) is 45.3 Å². The third-order valence-electron chi connectivity index (χ3n) is 6.08. The van der Waals surface area contributed by atoms with E-state index in [1.807, 2.05) is 12.1 Å². The molecule has 33 heavy (non-hydrogen) atoms. The Labute approximate surface area is 200 Å². The van der Waals surface area contributed by atoms with Gasteiger partial charge in [0.1, 0.15) is 12.1 Å². The fourth-order valence-corrected chi connectivity index (χ4v) is 4.31. The van der Waals surface area contributed by atoms with Gasteiger partial charge in [-0.3, -0.25) is 0 Å². The highest BCUT2D eigenvalue weighted by atomic mass is 32.1. The number of hydrogen-bond acceptors (Lipinski definition) is 6. The summed E-state index contributed by atoms with van der Waals surface area (Å²) in [4.78, 5) is 13.5. The van der Waals surface area contributed by atoms with E-state index in [0.717, 1.165) is 54.6 Å². The second-order valence-corrected chi connectivity index (χ2v) is 8.84. The van der Waals surface area contributed by atoms with E-state index in [-0.39, 0.29) is 0 Å². The van der Waals surface area contributed by atoms with Crippen molar-refractivity contribution >= 4 is 34.1 Å². The Kier molecular flexibility index (Phi) is 7.13. The number of rotatable bonds is 6. The van der Waals surface area contributed by atoms with Crippen LogP contribution >= 0.6 is 12.2 Å². The zero-order valence-corrected chi connectivity index (χ0v) is 20.5. The van der Waals surface area contributed by atoms with E-state index >= 15 is 0 Å². The molecule has 0 unspecified atom stereocenters. The highest BCUT2D eigenvalue weighted by Gasteiger charge is 2.22. The molecule has 0 bridgehead atoms. The molecule has 1 aliphatic rings. The van der Waals surface area contributed by atoms with E-state index in [0.29, 0.717) is 17.4 Å². The average molecular weight is 466 g/mol. The quantitative estimate of drug-likeness (QED) is 0.549. The van der Waals surface area contributed by atoms with Gasteiger partial charge in [0.2, 0.25) is 0 Å². The molecule has 2 heterocycles. The minimum Gasteiger partial charge on any atom is -0.493 e. The van der Waals surface area contributed by atoms with Crippen LogP contribution < -0.4 is 19.7 Å². The molecule has 1 aromatic heterocycles. The summed E-state index contributed by atoms with van der Waals surface area (Å²) in [5.74, 6) is 2.78. The maximum Gasteiger partial charge on any atom is 0.169 e. The van der Waals surface area contributed by atoms with Gasteiger partial charge in [0.15, 0.2) is 16.6 Å². The van der Waals surface area contributed by atoms with Crippen LogP contribution in [0.1, 0.15) is 30.9 Å². The Morgan fingerprint density at radius 3 is 2.30 bits per heavy atom. The number of fused-ring (bicyclic) bond motifs is 1. The molecule has 0 atom stereocenters. The van der Waals surface area contributed by atoms with E-state index in [4.69, 9.17) is 21.7 Å². The summed E-state index contributed by atoms with van der Waals surface area (Å²) in [5, 5.41) is 5.16. The molecule has 0 saturated carbocycles. The number of nitrogens with one attached hydrogen (secondary N) is 1. The maximum absolute atomic E-state index is 5.67. The molecule has 1 N–H and O–H groups in total. The molecule has 0 aliphatic carbocycles. The van der Waals surface area contributed by atoms with Gasteiger partial charge in [0, 0.05) is 44.2 Å². The number of piperazine rings is 1. The zero-order chi connectivity index (χ0) is 23.4. The van der Waals surface area contributed by atoms with Gasteiger partial charge in [-0.2, -0.15) is 0 Å². The van der Waals surface area contributed by atoms with Crippen LogP contribution in [0.15, 0.2) is 42.7 Å². The number of anilines is 1. The van der Waals surface area contributed by atoms with E-state index in [9.17, 15) is 0 Å². The average Bonchev–Trinajstić information content (AvgIpc) is 2.86. The fraction of sp³-hybridized carbons (Fsp3) is 0.400. The highest BCUT2D eigenvalue weighted by Crippen LogP contribution is 2.34. The zero-order valence-electron chi connectivity index (χ0n) is 19.7. The van der Waals surface area contributed by atoms with Crippen LogP contribution in [0.5, 0.6) is 11.5 Å². The molecule has 0 radical (unpaired) electrons. The molecule has 8 heteroatoms. The Balaban J connectivity index is 1.38. The molecule has 1 fully saturated rings. The van der Waals surface area contributed by atoms with Crippen molar-refractivity contribution in [2.45, 2.75) is 26.3 Å². The van der Waals surface area contributed by atoms with Gasteiger partial charge < -0.3 is 24.6 Å². The number of methoxy groups -OCH3 is 2.